The highest BCUT2D eigenvalue weighted by atomic mass is 32.2. The molecule has 0 saturated heterocycles. The van der Waals surface area contributed by atoms with Crippen LogP contribution in [0, 0.1) is 0 Å². The maximum atomic E-state index is 5.41. The molecule has 3 aromatic rings. The minimum absolute atomic E-state index is 0.680. The minimum atomic E-state index is 0.680. The van der Waals surface area contributed by atoms with Gasteiger partial charge in [-0.3, -0.25) is 4.98 Å². The van der Waals surface area contributed by atoms with E-state index in [1.165, 1.54) is 5.56 Å². The van der Waals surface area contributed by atoms with Crippen molar-refractivity contribution in [2.45, 2.75) is 11.6 Å². The van der Waals surface area contributed by atoms with E-state index in [2.05, 4.69) is 20.5 Å². The normalized spacial score (nSPS) is 10.6. The van der Waals surface area contributed by atoms with Gasteiger partial charge in [0.25, 0.3) is 0 Å². The molecular weight excluding hydrogens is 326 g/mol. The number of pyridine rings is 1. The Kier molecular flexibility index (Phi) is 5.27. The summed E-state index contributed by atoms with van der Waals surface area (Å²) in [7, 11) is 3.24. The van der Waals surface area contributed by atoms with Crippen LogP contribution in [0.3, 0.4) is 0 Å². The van der Waals surface area contributed by atoms with Crippen molar-refractivity contribution in [2.75, 3.05) is 20.0 Å². The van der Waals surface area contributed by atoms with Crippen LogP contribution in [0.15, 0.2) is 47.9 Å². The van der Waals surface area contributed by atoms with Crippen molar-refractivity contribution in [2.24, 2.45) is 0 Å². The summed E-state index contributed by atoms with van der Waals surface area (Å²) >= 11 is 1.59. The number of benzene rings is 1. The smallest absolute Gasteiger partial charge is 0.214 e. The number of hydrogen-bond donors (Lipinski definition) is 0. The molecule has 0 aliphatic heterocycles. The quantitative estimate of drug-likeness (QED) is 0.610. The van der Waals surface area contributed by atoms with Crippen LogP contribution in [0.25, 0.3) is 5.69 Å². The molecule has 2 heterocycles. The highest BCUT2D eigenvalue weighted by molar-refractivity contribution is 7.99. The molecule has 0 atom stereocenters. The third kappa shape index (κ3) is 3.65. The lowest BCUT2D eigenvalue weighted by Crippen LogP contribution is -2.03. The Labute approximate surface area is 144 Å². The molecule has 0 fully saturated rings. The fourth-order valence-electron chi connectivity index (χ4n) is 2.19. The fourth-order valence-corrected chi connectivity index (χ4v) is 3.06. The predicted octanol–water partition coefficient (Wildman–Crippen LogP) is 2.41. The van der Waals surface area contributed by atoms with Gasteiger partial charge in [-0.2, -0.15) is 4.68 Å². The van der Waals surface area contributed by atoms with Gasteiger partial charge in [-0.15, -0.1) is 5.10 Å². The summed E-state index contributed by atoms with van der Waals surface area (Å²) in [6.07, 6.45) is 4.51. The first-order valence-corrected chi connectivity index (χ1v) is 8.33. The number of thioether (sulfide) groups is 1. The van der Waals surface area contributed by atoms with Crippen molar-refractivity contribution in [1.82, 2.24) is 25.2 Å². The molecule has 0 unspecified atom stereocenters. The largest absolute Gasteiger partial charge is 0.497 e. The van der Waals surface area contributed by atoms with Crippen LogP contribution < -0.4 is 9.47 Å². The number of methoxy groups -OCH3 is 2. The van der Waals surface area contributed by atoms with Gasteiger partial charge >= 0.3 is 0 Å². The van der Waals surface area contributed by atoms with E-state index in [4.69, 9.17) is 9.47 Å². The van der Waals surface area contributed by atoms with Gasteiger partial charge in [0.2, 0.25) is 5.16 Å². The number of aryl methyl sites for hydroxylation is 1. The van der Waals surface area contributed by atoms with E-state index >= 15 is 0 Å². The molecule has 2 aromatic heterocycles. The summed E-state index contributed by atoms with van der Waals surface area (Å²) in [5.41, 5.74) is 1.98. The van der Waals surface area contributed by atoms with Crippen LogP contribution in [0.5, 0.6) is 11.5 Å². The molecule has 0 bridgehead atoms. The van der Waals surface area contributed by atoms with E-state index in [9.17, 15) is 0 Å². The third-order valence-corrected chi connectivity index (χ3v) is 4.35. The molecule has 0 N–H and O–H groups in total. The summed E-state index contributed by atoms with van der Waals surface area (Å²) in [4.78, 5) is 4.02. The Balaban J connectivity index is 1.78. The Morgan fingerprint density at radius 3 is 2.67 bits per heavy atom. The molecule has 0 aliphatic carbocycles. The highest BCUT2D eigenvalue weighted by Crippen LogP contribution is 2.29. The number of rotatable bonds is 7. The Hall–Kier alpha value is -2.61. The van der Waals surface area contributed by atoms with Gasteiger partial charge in [0.05, 0.1) is 14.2 Å². The first-order chi connectivity index (χ1) is 11.8. The van der Waals surface area contributed by atoms with Gasteiger partial charge < -0.3 is 9.47 Å². The van der Waals surface area contributed by atoms with Gasteiger partial charge in [0, 0.05) is 24.2 Å². The first kappa shape index (κ1) is 16.3. The molecule has 0 radical (unpaired) electrons. The van der Waals surface area contributed by atoms with Gasteiger partial charge in [0.15, 0.2) is 0 Å². The van der Waals surface area contributed by atoms with Crippen molar-refractivity contribution >= 4 is 11.8 Å². The van der Waals surface area contributed by atoms with E-state index in [-0.39, 0.29) is 0 Å². The molecule has 0 amide bonds. The van der Waals surface area contributed by atoms with Crippen molar-refractivity contribution in [3.8, 4) is 17.2 Å². The number of nitrogens with zero attached hydrogens (tertiary/aromatic N) is 5. The summed E-state index contributed by atoms with van der Waals surface area (Å²) in [6.45, 7) is 0. The van der Waals surface area contributed by atoms with Gasteiger partial charge in [-0.1, -0.05) is 11.8 Å². The molecular formula is C16H17N5O2S. The third-order valence-electron chi connectivity index (χ3n) is 3.43. The standard InChI is InChI=1S/C16H17N5O2S/c1-22-13-3-4-15(23-2)14(11-13)21-16(18-19-20-21)24-10-7-12-5-8-17-9-6-12/h3-6,8-9,11H,7,10H2,1-2H3. The van der Waals surface area contributed by atoms with Crippen LogP contribution in [-0.4, -0.2) is 45.2 Å². The Morgan fingerprint density at radius 2 is 1.92 bits per heavy atom. The Bertz CT molecular complexity index is 794. The average Bonchev–Trinajstić information content (AvgIpc) is 3.10. The molecule has 24 heavy (non-hydrogen) atoms. The molecule has 0 aliphatic rings. The molecule has 124 valence electrons. The molecule has 8 heteroatoms. The van der Waals surface area contributed by atoms with Gasteiger partial charge in [-0.05, 0) is 46.7 Å². The van der Waals surface area contributed by atoms with Gasteiger partial charge in [0.1, 0.15) is 17.2 Å². The van der Waals surface area contributed by atoms with Crippen LogP contribution in [0.1, 0.15) is 5.56 Å². The van der Waals surface area contributed by atoms with Crippen molar-refractivity contribution in [3.63, 3.8) is 0 Å². The second kappa shape index (κ2) is 7.78. The Morgan fingerprint density at radius 1 is 1.08 bits per heavy atom. The van der Waals surface area contributed by atoms with Crippen LogP contribution >= 0.6 is 11.8 Å². The number of hydrogen-bond acceptors (Lipinski definition) is 7. The van der Waals surface area contributed by atoms with Crippen LogP contribution in [0.4, 0.5) is 0 Å². The SMILES string of the molecule is COc1ccc(OC)c(-n2nnnc2SCCc2ccncc2)c1. The lowest BCUT2D eigenvalue weighted by molar-refractivity contribution is 0.399. The lowest BCUT2D eigenvalue weighted by Gasteiger charge is -2.11. The molecule has 1 aromatic carbocycles. The second-order valence-corrected chi connectivity index (χ2v) is 5.93. The molecule has 0 spiro atoms. The zero-order valence-corrected chi connectivity index (χ0v) is 14.2. The zero-order chi connectivity index (χ0) is 16.8. The summed E-state index contributed by atoms with van der Waals surface area (Å²) in [6, 6.07) is 9.54. The number of ether oxygens (including phenoxy) is 2. The molecule has 3 rings (SSSR count). The monoisotopic (exact) mass is 343 g/mol. The van der Waals surface area contributed by atoms with Gasteiger partial charge in [-0.25, -0.2) is 0 Å². The maximum absolute atomic E-state index is 5.41. The molecule has 0 saturated carbocycles. The van der Waals surface area contributed by atoms with E-state index in [1.807, 2.05) is 30.3 Å². The predicted molar refractivity (Wildman–Crippen MR) is 90.9 cm³/mol. The van der Waals surface area contributed by atoms with Crippen LogP contribution in [0.2, 0.25) is 0 Å². The molecule has 7 nitrogen and oxygen atoms in total. The van der Waals surface area contributed by atoms with E-state index < -0.39 is 0 Å². The average molecular weight is 343 g/mol. The van der Waals surface area contributed by atoms with E-state index in [1.54, 1.807) is 43.1 Å². The fraction of sp³-hybridized carbons (Fsp3) is 0.250. The highest BCUT2D eigenvalue weighted by Gasteiger charge is 2.14. The van der Waals surface area contributed by atoms with Crippen molar-refractivity contribution in [3.05, 3.63) is 48.3 Å². The maximum Gasteiger partial charge on any atom is 0.214 e. The number of aromatic nitrogens is 5. The number of tetrazole rings is 1. The zero-order valence-electron chi connectivity index (χ0n) is 13.4. The topological polar surface area (TPSA) is 75.0 Å². The van der Waals surface area contributed by atoms with Crippen molar-refractivity contribution in [1.29, 1.82) is 0 Å². The van der Waals surface area contributed by atoms with E-state index in [0.717, 1.165) is 17.9 Å². The summed E-state index contributed by atoms with van der Waals surface area (Å²) in [5, 5.41) is 12.7. The summed E-state index contributed by atoms with van der Waals surface area (Å²) < 4.78 is 12.4. The summed E-state index contributed by atoms with van der Waals surface area (Å²) in [5.74, 6) is 2.25. The minimum Gasteiger partial charge on any atom is -0.497 e. The van der Waals surface area contributed by atoms with Crippen molar-refractivity contribution < 1.29 is 9.47 Å². The van der Waals surface area contributed by atoms with E-state index in [0.29, 0.717) is 16.7 Å². The second-order valence-electron chi connectivity index (χ2n) is 4.86. The first-order valence-electron chi connectivity index (χ1n) is 7.34. The lowest BCUT2D eigenvalue weighted by atomic mass is 10.2. The van der Waals surface area contributed by atoms with Crippen LogP contribution in [-0.2, 0) is 6.42 Å².